The average Bonchev–Trinajstić information content (AvgIpc) is 3.43. The lowest BCUT2D eigenvalue weighted by molar-refractivity contribution is -0.142. The van der Waals surface area contributed by atoms with Crippen LogP contribution < -0.4 is 14.9 Å². The van der Waals surface area contributed by atoms with Crippen molar-refractivity contribution in [1.29, 1.82) is 0 Å². The number of nitrogens with zero attached hydrogens (tertiary/aromatic N) is 4. The molecule has 39 heavy (non-hydrogen) atoms. The molecule has 2 aromatic heterocycles. The third kappa shape index (κ3) is 6.70. The average molecular weight is 572 g/mol. The molecule has 0 bridgehead atoms. The number of terminal acetylenes is 1. The molecule has 0 aromatic carbocycles. The minimum absolute atomic E-state index is 0.0787. The number of hydrogen-bond donors (Lipinski definition) is 3. The smallest absolute Gasteiger partial charge is 0.341 e. The van der Waals surface area contributed by atoms with Crippen LogP contribution in [0.5, 0.6) is 5.88 Å². The van der Waals surface area contributed by atoms with Crippen molar-refractivity contribution >= 4 is 30.8 Å². The summed E-state index contributed by atoms with van der Waals surface area (Å²) in [6.07, 6.45) is 1.67. The number of esters is 2. The molecule has 3 heterocycles. The summed E-state index contributed by atoms with van der Waals surface area (Å²) >= 11 is 0. The van der Waals surface area contributed by atoms with Gasteiger partial charge in [-0.3, -0.25) is 18.7 Å². The van der Waals surface area contributed by atoms with Gasteiger partial charge in [-0.2, -0.15) is 4.98 Å². The van der Waals surface area contributed by atoms with E-state index in [1.54, 1.807) is 20.8 Å². The van der Waals surface area contributed by atoms with Gasteiger partial charge < -0.3 is 28.6 Å². The largest absolute Gasteiger partial charge is 0.479 e. The fourth-order valence-corrected chi connectivity index (χ4v) is 5.03. The molecule has 1 aliphatic heterocycles. The van der Waals surface area contributed by atoms with Crippen LogP contribution in [-0.4, -0.2) is 94.5 Å². The van der Waals surface area contributed by atoms with Gasteiger partial charge >= 0.3 is 19.6 Å². The molecule has 3 N–H and O–H groups in total. The van der Waals surface area contributed by atoms with Crippen LogP contribution in [0.15, 0.2) is 6.33 Å². The minimum atomic E-state index is -4.16. The van der Waals surface area contributed by atoms with Gasteiger partial charge in [0, 0.05) is 0 Å². The summed E-state index contributed by atoms with van der Waals surface area (Å²) in [5, 5.41) is 15.5. The predicted octanol–water partition coefficient (Wildman–Crippen LogP) is 0.173. The Hall–Kier alpha value is -3.19. The Kier molecular flexibility index (Phi) is 9.94. The van der Waals surface area contributed by atoms with Crippen LogP contribution in [0.1, 0.15) is 25.9 Å². The first-order chi connectivity index (χ1) is 18.5. The topological polar surface area (TPSA) is 185 Å². The van der Waals surface area contributed by atoms with Gasteiger partial charge in [0.05, 0.1) is 33.3 Å². The van der Waals surface area contributed by atoms with E-state index in [0.717, 1.165) is 0 Å². The molecule has 2 aromatic rings. The van der Waals surface area contributed by atoms with Crippen LogP contribution in [0.2, 0.25) is 0 Å². The highest BCUT2D eigenvalue weighted by atomic mass is 31.2. The predicted molar refractivity (Wildman–Crippen MR) is 132 cm³/mol. The Labute approximate surface area is 223 Å². The molecular weight excluding hydrogens is 542 g/mol. The first kappa shape index (κ1) is 30.4. The Morgan fingerprint density at radius 1 is 1.26 bits per heavy atom. The Morgan fingerprint density at radius 3 is 2.41 bits per heavy atom. The van der Waals surface area contributed by atoms with Gasteiger partial charge in [-0.15, -0.1) is 6.42 Å². The fraction of sp³-hybridized carbons (Fsp3) is 0.591. The van der Waals surface area contributed by atoms with Gasteiger partial charge in [0.15, 0.2) is 17.4 Å². The number of aryl methyl sites for hydroxylation is 1. The number of rotatable bonds is 13. The summed E-state index contributed by atoms with van der Waals surface area (Å²) < 4.78 is 56.5. The monoisotopic (exact) mass is 572 g/mol. The highest BCUT2D eigenvalue weighted by molar-refractivity contribution is 7.54. The van der Waals surface area contributed by atoms with Crippen molar-refractivity contribution in [2.45, 2.75) is 44.9 Å². The van der Waals surface area contributed by atoms with Crippen molar-refractivity contribution in [2.24, 2.45) is 0 Å². The maximum absolute atomic E-state index is 16.0. The van der Waals surface area contributed by atoms with E-state index in [1.807, 2.05) is 5.92 Å². The van der Waals surface area contributed by atoms with Crippen molar-refractivity contribution in [1.82, 2.24) is 29.7 Å². The Balaban J connectivity index is 1.83. The number of imidazole rings is 1. The first-order valence-electron chi connectivity index (χ1n) is 11.8. The van der Waals surface area contributed by atoms with Crippen LogP contribution in [0.3, 0.4) is 0 Å². The molecule has 3 rings (SSSR count). The van der Waals surface area contributed by atoms with Crippen LogP contribution in [0.4, 0.5) is 4.39 Å². The maximum atomic E-state index is 16.0. The second kappa shape index (κ2) is 12.8. The molecule has 4 atom stereocenters. The number of nitrogens with one attached hydrogen (secondary N) is 2. The van der Waals surface area contributed by atoms with E-state index in [0.29, 0.717) is 5.82 Å². The lowest BCUT2D eigenvalue weighted by Crippen LogP contribution is -2.42. The lowest BCUT2D eigenvalue weighted by atomic mass is 9.97. The molecule has 0 amide bonds. The van der Waals surface area contributed by atoms with Crippen LogP contribution in [-0.2, 0) is 32.9 Å². The highest BCUT2D eigenvalue weighted by Gasteiger charge is 2.58. The first-order valence-corrected chi connectivity index (χ1v) is 13.5. The van der Waals surface area contributed by atoms with E-state index in [9.17, 15) is 19.3 Å². The normalized spacial score (nSPS) is 22.9. The molecule has 0 saturated carbocycles. The molecule has 1 fully saturated rings. The third-order valence-electron chi connectivity index (χ3n) is 5.51. The SMILES string of the molecule is C#CC1(F)[C@@H](O)[C@@H](COP(=O)(NCC(=O)OCC)NCC(=O)OCC)O[C@H]1n1cnc2c(OC)nc(C)nc21. The van der Waals surface area contributed by atoms with Gasteiger partial charge in [-0.25, -0.2) is 24.5 Å². The molecule has 1 aliphatic rings. The van der Waals surface area contributed by atoms with E-state index in [2.05, 4.69) is 25.1 Å². The van der Waals surface area contributed by atoms with Crippen molar-refractivity contribution in [3.8, 4) is 18.2 Å². The van der Waals surface area contributed by atoms with Crippen molar-refractivity contribution in [3.05, 3.63) is 12.2 Å². The van der Waals surface area contributed by atoms with Gasteiger partial charge in [-0.1, -0.05) is 5.92 Å². The number of aromatic nitrogens is 4. The summed E-state index contributed by atoms with van der Waals surface area (Å²) in [5.74, 6) is 0.877. The van der Waals surface area contributed by atoms with Gasteiger partial charge in [0.1, 0.15) is 31.1 Å². The zero-order valence-electron chi connectivity index (χ0n) is 21.7. The Bertz CT molecular complexity index is 1260. The lowest BCUT2D eigenvalue weighted by Gasteiger charge is -2.24. The van der Waals surface area contributed by atoms with Gasteiger partial charge in [0.2, 0.25) is 11.5 Å². The van der Waals surface area contributed by atoms with Gasteiger partial charge in [0.25, 0.3) is 0 Å². The highest BCUT2D eigenvalue weighted by Crippen LogP contribution is 2.45. The number of aliphatic hydroxyl groups is 1. The molecule has 0 radical (unpaired) electrons. The number of aliphatic hydroxyl groups excluding tert-OH is 1. The standard InChI is InChI=1S/C22H30FN6O9P/c1-6-22(23)18(32)14(38-21(22)29-12-24-17-19(29)27-13(4)28-20(17)34-5)11-37-39(33,25-9-15(30)35-7-2)26-10-16(31)36-8-3/h1,12,14,18,21,32H,7-11H2,2-5H3,(H2,25,26,33)/t14-,18+,21-,22?/m1/s1. The molecule has 214 valence electrons. The van der Waals surface area contributed by atoms with E-state index in [1.165, 1.54) is 18.0 Å². The molecule has 1 unspecified atom stereocenters. The van der Waals surface area contributed by atoms with Crippen molar-refractivity contribution in [3.63, 3.8) is 0 Å². The number of carbonyl (C=O) groups excluding carboxylic acids is 2. The Morgan fingerprint density at radius 2 is 1.87 bits per heavy atom. The summed E-state index contributed by atoms with van der Waals surface area (Å²) in [4.78, 5) is 36.1. The number of ether oxygens (including phenoxy) is 4. The molecule has 1 saturated heterocycles. The van der Waals surface area contributed by atoms with Crippen LogP contribution in [0.25, 0.3) is 11.2 Å². The van der Waals surface area contributed by atoms with Crippen LogP contribution >= 0.6 is 7.67 Å². The van der Waals surface area contributed by atoms with Crippen molar-refractivity contribution < 1.29 is 47.1 Å². The van der Waals surface area contributed by atoms with Crippen molar-refractivity contribution in [2.75, 3.05) is 40.0 Å². The zero-order valence-corrected chi connectivity index (χ0v) is 22.6. The molecular formula is C22H30FN6O9P. The number of alkyl halides is 1. The minimum Gasteiger partial charge on any atom is -0.479 e. The van der Waals surface area contributed by atoms with E-state index >= 15 is 4.39 Å². The fourth-order valence-electron chi connectivity index (χ4n) is 3.71. The van der Waals surface area contributed by atoms with E-state index in [4.69, 9.17) is 29.9 Å². The number of carbonyl (C=O) groups is 2. The summed E-state index contributed by atoms with van der Waals surface area (Å²) in [5.41, 5.74) is -2.45. The second-order valence-electron chi connectivity index (χ2n) is 8.12. The second-order valence-corrected chi connectivity index (χ2v) is 10.1. The molecule has 0 spiro atoms. The number of methoxy groups -OCH3 is 1. The number of hydrogen-bond acceptors (Lipinski definition) is 12. The van der Waals surface area contributed by atoms with Gasteiger partial charge in [-0.05, 0) is 20.8 Å². The zero-order chi connectivity index (χ0) is 28.8. The summed E-state index contributed by atoms with van der Waals surface area (Å²) in [7, 11) is -2.78. The third-order valence-corrected chi connectivity index (χ3v) is 7.17. The van der Waals surface area contributed by atoms with E-state index < -0.39 is 63.4 Å². The van der Waals surface area contributed by atoms with E-state index in [-0.39, 0.29) is 30.3 Å². The molecule has 17 heteroatoms. The summed E-state index contributed by atoms with van der Waals surface area (Å²) in [6.45, 7) is 3.17. The van der Waals surface area contributed by atoms with Crippen LogP contribution in [0, 0.1) is 19.3 Å². The number of halogens is 1. The quantitative estimate of drug-likeness (QED) is 0.168. The summed E-state index contributed by atoms with van der Waals surface area (Å²) in [6, 6.07) is 0. The number of fused-ring (bicyclic) bond motifs is 1. The molecule has 0 aliphatic carbocycles. The molecule has 15 nitrogen and oxygen atoms in total. The maximum Gasteiger partial charge on any atom is 0.341 e.